The molecule has 2 rings (SSSR count). The number of methoxy groups -OCH3 is 1. The van der Waals surface area contributed by atoms with Crippen molar-refractivity contribution in [1.29, 1.82) is 0 Å². The Balaban J connectivity index is 1.79. The molecule has 0 radical (unpaired) electrons. The molecule has 2 aromatic carbocycles. The third-order valence-corrected chi connectivity index (χ3v) is 4.13. The van der Waals surface area contributed by atoms with E-state index in [0.29, 0.717) is 53.6 Å². The number of hydrogen-bond acceptors (Lipinski definition) is 4. The second kappa shape index (κ2) is 10.9. The van der Waals surface area contributed by atoms with Crippen LogP contribution in [0.3, 0.4) is 0 Å². The Labute approximate surface area is 168 Å². The van der Waals surface area contributed by atoms with Crippen LogP contribution in [0.5, 0.6) is 11.5 Å². The molecule has 0 atom stereocenters. The lowest BCUT2D eigenvalue weighted by Crippen LogP contribution is -2.34. The Hall–Kier alpha value is -2.15. The first-order chi connectivity index (χ1) is 13.0. The molecule has 27 heavy (non-hydrogen) atoms. The SMILES string of the molecule is COCCOc1ccc(NC(=O)N(C)CCOc2ccc(Cl)cc2)cc1Cl. The van der Waals surface area contributed by atoms with Crippen molar-refractivity contribution in [3.63, 3.8) is 0 Å². The van der Waals surface area contributed by atoms with Crippen LogP contribution < -0.4 is 14.8 Å². The van der Waals surface area contributed by atoms with Crippen molar-refractivity contribution in [2.24, 2.45) is 0 Å². The summed E-state index contributed by atoms with van der Waals surface area (Å²) < 4.78 is 16.0. The van der Waals surface area contributed by atoms with Crippen molar-refractivity contribution in [3.8, 4) is 11.5 Å². The minimum Gasteiger partial charge on any atom is -0.492 e. The van der Waals surface area contributed by atoms with E-state index in [4.69, 9.17) is 37.4 Å². The van der Waals surface area contributed by atoms with Crippen molar-refractivity contribution in [1.82, 2.24) is 4.90 Å². The zero-order valence-electron chi connectivity index (χ0n) is 15.2. The van der Waals surface area contributed by atoms with E-state index in [1.54, 1.807) is 56.6 Å². The van der Waals surface area contributed by atoms with Gasteiger partial charge in [0.1, 0.15) is 24.7 Å². The lowest BCUT2D eigenvalue weighted by molar-refractivity contribution is 0.146. The van der Waals surface area contributed by atoms with Gasteiger partial charge in [-0.1, -0.05) is 23.2 Å². The molecule has 0 saturated heterocycles. The molecule has 0 aliphatic heterocycles. The molecule has 0 unspecified atom stereocenters. The van der Waals surface area contributed by atoms with Crippen LogP contribution in [0.1, 0.15) is 0 Å². The zero-order chi connectivity index (χ0) is 19.6. The second-order valence-corrected chi connectivity index (χ2v) is 6.48. The molecule has 6 nitrogen and oxygen atoms in total. The van der Waals surface area contributed by atoms with Gasteiger partial charge < -0.3 is 24.4 Å². The van der Waals surface area contributed by atoms with Gasteiger partial charge in [0.15, 0.2) is 0 Å². The van der Waals surface area contributed by atoms with E-state index < -0.39 is 0 Å². The van der Waals surface area contributed by atoms with Crippen LogP contribution in [0.15, 0.2) is 42.5 Å². The molecule has 0 fully saturated rings. The standard InChI is InChI=1S/C19H22Cl2N2O4/c1-23(9-10-26-16-6-3-14(20)4-7-16)19(24)22-15-5-8-18(17(21)13-15)27-12-11-25-2/h3-8,13H,9-12H2,1-2H3,(H,22,24). The summed E-state index contributed by atoms with van der Waals surface area (Å²) in [6.45, 7) is 1.65. The fraction of sp³-hybridized carbons (Fsp3) is 0.316. The highest BCUT2D eigenvalue weighted by atomic mass is 35.5. The van der Waals surface area contributed by atoms with Gasteiger partial charge in [-0.25, -0.2) is 4.79 Å². The minimum absolute atomic E-state index is 0.265. The third kappa shape index (κ3) is 7.17. The lowest BCUT2D eigenvalue weighted by atomic mass is 10.3. The molecule has 0 bridgehead atoms. The van der Waals surface area contributed by atoms with E-state index in [0.717, 1.165) is 0 Å². The Kier molecular flexibility index (Phi) is 8.51. The number of hydrogen-bond donors (Lipinski definition) is 1. The quantitative estimate of drug-likeness (QED) is 0.613. The molecule has 2 amide bonds. The maximum Gasteiger partial charge on any atom is 0.321 e. The molecular formula is C19H22Cl2N2O4. The van der Waals surface area contributed by atoms with Crippen LogP contribution in [0, 0.1) is 0 Å². The fourth-order valence-electron chi connectivity index (χ4n) is 2.08. The van der Waals surface area contributed by atoms with E-state index in [1.807, 2.05) is 0 Å². The predicted octanol–water partition coefficient (Wildman–Crippen LogP) is 4.56. The molecule has 0 heterocycles. The molecular weight excluding hydrogens is 391 g/mol. The zero-order valence-corrected chi connectivity index (χ0v) is 16.7. The van der Waals surface area contributed by atoms with Gasteiger partial charge in [-0.05, 0) is 42.5 Å². The first-order valence-corrected chi connectivity index (χ1v) is 9.07. The minimum atomic E-state index is -0.265. The third-order valence-electron chi connectivity index (χ3n) is 3.58. The highest BCUT2D eigenvalue weighted by Gasteiger charge is 2.10. The maximum atomic E-state index is 12.3. The number of likely N-dealkylation sites (N-methyl/N-ethyl adjacent to an activating group) is 1. The summed E-state index contributed by atoms with van der Waals surface area (Å²) in [6.07, 6.45) is 0. The highest BCUT2D eigenvalue weighted by molar-refractivity contribution is 6.32. The summed E-state index contributed by atoms with van der Waals surface area (Å²) in [5.74, 6) is 1.24. The number of urea groups is 1. The van der Waals surface area contributed by atoms with Crippen LogP contribution in [-0.4, -0.2) is 51.5 Å². The number of anilines is 1. The highest BCUT2D eigenvalue weighted by Crippen LogP contribution is 2.27. The van der Waals surface area contributed by atoms with Crippen LogP contribution in [0.2, 0.25) is 10.0 Å². The largest absolute Gasteiger partial charge is 0.492 e. The molecule has 0 saturated carbocycles. The molecule has 2 aromatic rings. The number of ether oxygens (including phenoxy) is 3. The molecule has 146 valence electrons. The monoisotopic (exact) mass is 412 g/mol. The first-order valence-electron chi connectivity index (χ1n) is 8.31. The van der Waals surface area contributed by atoms with Crippen molar-refractivity contribution in [2.75, 3.05) is 45.8 Å². The number of carbonyl (C=O) groups excluding carboxylic acids is 1. The van der Waals surface area contributed by atoms with Crippen molar-refractivity contribution in [3.05, 3.63) is 52.5 Å². The van der Waals surface area contributed by atoms with Crippen LogP contribution in [-0.2, 0) is 4.74 Å². The summed E-state index contributed by atoms with van der Waals surface area (Å²) in [5.41, 5.74) is 0.578. The summed E-state index contributed by atoms with van der Waals surface area (Å²) >= 11 is 12.0. The average molecular weight is 413 g/mol. The number of carbonyl (C=O) groups is 1. The summed E-state index contributed by atoms with van der Waals surface area (Å²) in [6, 6.07) is 11.9. The van der Waals surface area contributed by atoms with Gasteiger partial charge in [0.2, 0.25) is 0 Å². The molecule has 8 heteroatoms. The maximum absolute atomic E-state index is 12.3. The lowest BCUT2D eigenvalue weighted by Gasteiger charge is -2.18. The molecule has 1 N–H and O–H groups in total. The van der Waals surface area contributed by atoms with Gasteiger partial charge in [0, 0.05) is 24.9 Å². The molecule has 0 aliphatic rings. The van der Waals surface area contributed by atoms with Gasteiger partial charge in [-0.3, -0.25) is 0 Å². The summed E-state index contributed by atoms with van der Waals surface area (Å²) in [4.78, 5) is 13.8. The Bertz CT molecular complexity index is 741. The first kappa shape index (κ1) is 21.2. The number of nitrogens with one attached hydrogen (secondary N) is 1. The van der Waals surface area contributed by atoms with E-state index in [9.17, 15) is 4.79 Å². The van der Waals surface area contributed by atoms with Crippen molar-refractivity contribution < 1.29 is 19.0 Å². The van der Waals surface area contributed by atoms with E-state index >= 15 is 0 Å². The van der Waals surface area contributed by atoms with E-state index in [2.05, 4.69) is 5.32 Å². The van der Waals surface area contributed by atoms with Crippen LogP contribution in [0.4, 0.5) is 10.5 Å². The average Bonchev–Trinajstić information content (AvgIpc) is 2.65. The van der Waals surface area contributed by atoms with E-state index in [1.165, 1.54) is 4.90 Å². The topological polar surface area (TPSA) is 60.0 Å². The van der Waals surface area contributed by atoms with Gasteiger partial charge in [-0.2, -0.15) is 0 Å². The van der Waals surface area contributed by atoms with Crippen molar-refractivity contribution in [2.45, 2.75) is 0 Å². The van der Waals surface area contributed by atoms with Gasteiger partial charge in [0.05, 0.1) is 18.2 Å². The molecule has 0 aromatic heterocycles. The van der Waals surface area contributed by atoms with Gasteiger partial charge in [-0.15, -0.1) is 0 Å². The molecule has 0 aliphatic carbocycles. The summed E-state index contributed by atoms with van der Waals surface area (Å²) in [7, 11) is 3.28. The Morgan fingerprint density at radius 1 is 1.04 bits per heavy atom. The summed E-state index contributed by atoms with van der Waals surface area (Å²) in [5, 5.41) is 3.84. The van der Waals surface area contributed by atoms with Gasteiger partial charge >= 0.3 is 6.03 Å². The number of halogens is 2. The molecule has 0 spiro atoms. The number of benzene rings is 2. The number of amides is 2. The number of rotatable bonds is 9. The van der Waals surface area contributed by atoms with E-state index in [-0.39, 0.29) is 6.03 Å². The second-order valence-electron chi connectivity index (χ2n) is 5.64. The van der Waals surface area contributed by atoms with Crippen molar-refractivity contribution >= 4 is 34.9 Å². The Morgan fingerprint density at radius 2 is 1.78 bits per heavy atom. The van der Waals surface area contributed by atoms with Gasteiger partial charge in [0.25, 0.3) is 0 Å². The number of nitrogens with zero attached hydrogens (tertiary/aromatic N) is 1. The normalized spacial score (nSPS) is 10.4. The predicted molar refractivity (Wildman–Crippen MR) is 107 cm³/mol. The fourth-order valence-corrected chi connectivity index (χ4v) is 2.44. The van der Waals surface area contributed by atoms with Crippen LogP contribution in [0.25, 0.3) is 0 Å². The smallest absolute Gasteiger partial charge is 0.321 e. The Morgan fingerprint density at radius 3 is 2.44 bits per heavy atom. The van der Waals surface area contributed by atoms with Crippen LogP contribution >= 0.6 is 23.2 Å².